The Kier molecular flexibility index (Phi) is 5.47. The first-order valence-corrected chi connectivity index (χ1v) is 7.20. The van der Waals surface area contributed by atoms with Crippen molar-refractivity contribution in [3.8, 4) is 17.7 Å². The standard InChI is InChI=1S/C16H16N6O3/c1-10-8-13(25-12-6-4-11(9-17)5-7-12)19-14(18-10)20-15(23)21-16(24)22(2)3/h4-8H,1-3H3,(H2,18,19,20,21,23,24). The Bertz CT molecular complexity index is 827. The molecule has 0 saturated heterocycles. The van der Waals surface area contributed by atoms with Gasteiger partial charge in [0.05, 0.1) is 11.6 Å². The second kappa shape index (κ2) is 7.74. The lowest BCUT2D eigenvalue weighted by molar-refractivity contribution is 0.214. The minimum absolute atomic E-state index is 0.00676. The van der Waals surface area contributed by atoms with Crippen LogP contribution >= 0.6 is 0 Å². The number of nitrogens with one attached hydrogen (secondary N) is 2. The number of urea groups is 2. The monoisotopic (exact) mass is 340 g/mol. The van der Waals surface area contributed by atoms with Gasteiger partial charge in [0.1, 0.15) is 5.75 Å². The van der Waals surface area contributed by atoms with E-state index in [4.69, 9.17) is 10.00 Å². The van der Waals surface area contributed by atoms with Crippen molar-refractivity contribution in [1.82, 2.24) is 20.2 Å². The van der Waals surface area contributed by atoms with Gasteiger partial charge >= 0.3 is 12.1 Å². The molecule has 0 aliphatic carbocycles. The van der Waals surface area contributed by atoms with Crippen LogP contribution in [0.3, 0.4) is 0 Å². The van der Waals surface area contributed by atoms with Crippen LogP contribution in [0.4, 0.5) is 15.5 Å². The molecular formula is C16H16N6O3. The number of ether oxygens (including phenoxy) is 1. The molecule has 0 radical (unpaired) electrons. The Morgan fingerprint density at radius 2 is 1.88 bits per heavy atom. The Balaban J connectivity index is 2.10. The molecule has 2 aromatic rings. The molecule has 4 amide bonds. The maximum Gasteiger partial charge on any atom is 0.329 e. The molecule has 1 aromatic carbocycles. The summed E-state index contributed by atoms with van der Waals surface area (Å²) in [5.41, 5.74) is 1.07. The molecule has 9 heteroatoms. The lowest BCUT2D eigenvalue weighted by atomic mass is 10.2. The van der Waals surface area contributed by atoms with E-state index < -0.39 is 12.1 Å². The van der Waals surface area contributed by atoms with Crippen LogP contribution in [0.1, 0.15) is 11.3 Å². The van der Waals surface area contributed by atoms with Crippen molar-refractivity contribution < 1.29 is 14.3 Å². The summed E-state index contributed by atoms with van der Waals surface area (Å²) in [7, 11) is 3.02. The van der Waals surface area contributed by atoms with Crippen molar-refractivity contribution >= 4 is 18.0 Å². The van der Waals surface area contributed by atoms with Gasteiger partial charge in [-0.25, -0.2) is 14.6 Å². The highest BCUT2D eigenvalue weighted by atomic mass is 16.5. The number of nitrogens with zero attached hydrogens (tertiary/aromatic N) is 4. The highest BCUT2D eigenvalue weighted by Crippen LogP contribution is 2.21. The van der Waals surface area contributed by atoms with Gasteiger partial charge in [0.15, 0.2) is 0 Å². The average Bonchev–Trinajstić information content (AvgIpc) is 2.54. The zero-order chi connectivity index (χ0) is 18.4. The normalized spacial score (nSPS) is 9.68. The number of benzene rings is 1. The number of carbonyl (C=O) groups is 2. The van der Waals surface area contributed by atoms with E-state index in [2.05, 4.69) is 20.6 Å². The number of anilines is 1. The van der Waals surface area contributed by atoms with Gasteiger partial charge in [0, 0.05) is 25.9 Å². The topological polar surface area (TPSA) is 120 Å². The number of rotatable bonds is 3. The van der Waals surface area contributed by atoms with Crippen molar-refractivity contribution in [2.75, 3.05) is 19.4 Å². The summed E-state index contributed by atoms with van der Waals surface area (Å²) in [5, 5.41) is 13.3. The van der Waals surface area contributed by atoms with Gasteiger partial charge in [-0.05, 0) is 31.2 Å². The van der Waals surface area contributed by atoms with Crippen LogP contribution in [-0.4, -0.2) is 41.0 Å². The van der Waals surface area contributed by atoms with E-state index in [1.807, 2.05) is 6.07 Å². The average molecular weight is 340 g/mol. The maximum atomic E-state index is 11.8. The van der Waals surface area contributed by atoms with E-state index in [-0.39, 0.29) is 11.8 Å². The zero-order valence-electron chi connectivity index (χ0n) is 13.9. The summed E-state index contributed by atoms with van der Waals surface area (Å²) < 4.78 is 5.59. The predicted molar refractivity (Wildman–Crippen MR) is 89.2 cm³/mol. The summed E-state index contributed by atoms with van der Waals surface area (Å²) in [6.07, 6.45) is 0. The van der Waals surface area contributed by atoms with Gasteiger partial charge in [-0.2, -0.15) is 10.2 Å². The third-order valence-corrected chi connectivity index (χ3v) is 2.89. The Morgan fingerprint density at radius 1 is 1.20 bits per heavy atom. The van der Waals surface area contributed by atoms with Crippen LogP contribution in [0.2, 0.25) is 0 Å². The van der Waals surface area contributed by atoms with Gasteiger partial charge in [0.25, 0.3) is 0 Å². The number of imide groups is 1. The molecule has 0 aliphatic heterocycles. The minimum Gasteiger partial charge on any atom is -0.439 e. The van der Waals surface area contributed by atoms with E-state index in [1.54, 1.807) is 37.3 Å². The third-order valence-electron chi connectivity index (χ3n) is 2.89. The Morgan fingerprint density at radius 3 is 2.48 bits per heavy atom. The van der Waals surface area contributed by atoms with E-state index in [0.29, 0.717) is 17.0 Å². The maximum absolute atomic E-state index is 11.8. The van der Waals surface area contributed by atoms with Crippen LogP contribution in [0.15, 0.2) is 30.3 Å². The number of carbonyl (C=O) groups excluding carboxylic acids is 2. The van der Waals surface area contributed by atoms with Crippen molar-refractivity contribution in [2.24, 2.45) is 0 Å². The quantitative estimate of drug-likeness (QED) is 0.884. The molecule has 2 N–H and O–H groups in total. The molecule has 0 spiro atoms. The summed E-state index contributed by atoms with van der Waals surface area (Å²) in [6, 6.07) is 8.77. The van der Waals surface area contributed by atoms with Crippen molar-refractivity contribution in [2.45, 2.75) is 6.92 Å². The van der Waals surface area contributed by atoms with Crippen molar-refractivity contribution in [3.05, 3.63) is 41.6 Å². The van der Waals surface area contributed by atoms with Gasteiger partial charge in [-0.1, -0.05) is 0 Å². The molecule has 9 nitrogen and oxygen atoms in total. The summed E-state index contributed by atoms with van der Waals surface area (Å²) in [5.74, 6) is 0.689. The van der Waals surface area contributed by atoms with Crippen LogP contribution in [0.5, 0.6) is 11.6 Å². The van der Waals surface area contributed by atoms with E-state index in [9.17, 15) is 9.59 Å². The second-order valence-electron chi connectivity index (χ2n) is 5.19. The van der Waals surface area contributed by atoms with Gasteiger partial charge in [-0.15, -0.1) is 0 Å². The SMILES string of the molecule is Cc1cc(Oc2ccc(C#N)cc2)nc(NC(=O)NC(=O)N(C)C)n1. The minimum atomic E-state index is -0.756. The number of amides is 4. The fourth-order valence-corrected chi connectivity index (χ4v) is 1.71. The number of aryl methyl sites for hydroxylation is 1. The highest BCUT2D eigenvalue weighted by Gasteiger charge is 2.12. The molecular weight excluding hydrogens is 324 g/mol. The van der Waals surface area contributed by atoms with Crippen molar-refractivity contribution in [1.29, 1.82) is 5.26 Å². The predicted octanol–water partition coefficient (Wildman–Crippen LogP) is 2.25. The van der Waals surface area contributed by atoms with Crippen molar-refractivity contribution in [3.63, 3.8) is 0 Å². The Labute approximate surface area is 144 Å². The summed E-state index contributed by atoms with van der Waals surface area (Å²) in [6.45, 7) is 1.71. The summed E-state index contributed by atoms with van der Waals surface area (Å²) in [4.78, 5) is 32.5. The number of hydrogen-bond acceptors (Lipinski definition) is 6. The first-order chi connectivity index (χ1) is 11.9. The van der Waals surface area contributed by atoms with Crippen LogP contribution in [0, 0.1) is 18.3 Å². The van der Waals surface area contributed by atoms with Gasteiger partial charge in [-0.3, -0.25) is 10.6 Å². The number of nitriles is 1. The molecule has 2 rings (SSSR count). The molecule has 0 saturated carbocycles. The summed E-state index contributed by atoms with van der Waals surface area (Å²) >= 11 is 0. The van der Waals surface area contributed by atoms with E-state index in [0.717, 1.165) is 0 Å². The second-order valence-corrected chi connectivity index (χ2v) is 5.19. The molecule has 0 bridgehead atoms. The smallest absolute Gasteiger partial charge is 0.329 e. The molecule has 0 atom stereocenters. The Hall–Kier alpha value is -3.67. The van der Waals surface area contributed by atoms with Crippen LogP contribution in [-0.2, 0) is 0 Å². The number of hydrogen-bond donors (Lipinski definition) is 2. The molecule has 128 valence electrons. The molecule has 1 heterocycles. The highest BCUT2D eigenvalue weighted by molar-refractivity contribution is 5.99. The van der Waals surface area contributed by atoms with E-state index >= 15 is 0 Å². The zero-order valence-corrected chi connectivity index (χ0v) is 13.9. The van der Waals surface area contributed by atoms with Gasteiger partial charge in [0.2, 0.25) is 11.8 Å². The lowest BCUT2D eigenvalue weighted by Gasteiger charge is -2.12. The molecule has 25 heavy (non-hydrogen) atoms. The largest absolute Gasteiger partial charge is 0.439 e. The first-order valence-electron chi connectivity index (χ1n) is 7.20. The molecule has 0 fully saturated rings. The first kappa shape index (κ1) is 17.7. The molecule has 1 aromatic heterocycles. The fourth-order valence-electron chi connectivity index (χ4n) is 1.71. The number of aromatic nitrogens is 2. The molecule has 0 unspecified atom stereocenters. The molecule has 0 aliphatic rings. The van der Waals surface area contributed by atoms with Crippen LogP contribution in [0.25, 0.3) is 0 Å². The third kappa shape index (κ3) is 5.18. The van der Waals surface area contributed by atoms with E-state index in [1.165, 1.54) is 19.0 Å². The fraction of sp³-hybridized carbons (Fsp3) is 0.188. The van der Waals surface area contributed by atoms with Gasteiger partial charge < -0.3 is 9.64 Å². The lowest BCUT2D eigenvalue weighted by Crippen LogP contribution is -2.41. The van der Waals surface area contributed by atoms with Crippen LogP contribution < -0.4 is 15.4 Å².